The van der Waals surface area contributed by atoms with Gasteiger partial charge in [0, 0.05) is 62.0 Å². The summed E-state index contributed by atoms with van der Waals surface area (Å²) in [6, 6.07) is 15.2. The van der Waals surface area contributed by atoms with Crippen molar-refractivity contribution in [3.05, 3.63) is 88.6 Å². The lowest BCUT2D eigenvalue weighted by atomic mass is 9.70. The maximum Gasteiger partial charge on any atom is 0.228 e. The summed E-state index contributed by atoms with van der Waals surface area (Å²) in [5, 5.41) is 21.4. The van der Waals surface area contributed by atoms with E-state index < -0.39 is 5.60 Å². The molecule has 0 spiro atoms. The van der Waals surface area contributed by atoms with E-state index in [1.54, 1.807) is 36.5 Å². The van der Waals surface area contributed by atoms with E-state index in [1.807, 2.05) is 24.8 Å². The lowest BCUT2D eigenvalue weighted by Crippen LogP contribution is -2.57. The first kappa shape index (κ1) is 26.1. The molecule has 5 rings (SSSR count). The summed E-state index contributed by atoms with van der Waals surface area (Å²) < 4.78 is 13.5. The number of aliphatic hydroxyl groups is 1. The summed E-state index contributed by atoms with van der Waals surface area (Å²) in [6.45, 7) is 5.61. The molecule has 0 saturated carbocycles. The molecule has 7 nitrogen and oxygen atoms in total. The number of hydrogen-bond donors (Lipinski definition) is 1. The zero-order valence-corrected chi connectivity index (χ0v) is 22.0. The third kappa shape index (κ3) is 4.72. The molecule has 2 aliphatic rings. The van der Waals surface area contributed by atoms with Crippen LogP contribution in [0.3, 0.4) is 0 Å². The Morgan fingerprint density at radius 1 is 1.03 bits per heavy atom. The highest BCUT2D eigenvalue weighted by molar-refractivity contribution is 6.30. The molecular formula is C29H29ClFN5O2. The number of aromatic nitrogens is 2. The van der Waals surface area contributed by atoms with Crippen molar-refractivity contribution in [3.8, 4) is 6.07 Å². The van der Waals surface area contributed by atoms with Gasteiger partial charge in [0.15, 0.2) is 0 Å². The van der Waals surface area contributed by atoms with Crippen LogP contribution in [0, 0.1) is 34.9 Å². The fourth-order valence-corrected chi connectivity index (χ4v) is 6.10. The van der Waals surface area contributed by atoms with Crippen LogP contribution in [0.25, 0.3) is 0 Å². The van der Waals surface area contributed by atoms with Gasteiger partial charge in [-0.05, 0) is 42.0 Å². The Hall–Kier alpha value is -3.54. The van der Waals surface area contributed by atoms with E-state index in [-0.39, 0.29) is 35.4 Å². The van der Waals surface area contributed by atoms with Gasteiger partial charge in [-0.15, -0.1) is 0 Å². The number of hydrogen-bond acceptors (Lipinski definition) is 6. The molecule has 0 unspecified atom stereocenters. The van der Waals surface area contributed by atoms with Crippen molar-refractivity contribution < 1.29 is 14.3 Å². The zero-order chi connectivity index (χ0) is 27.0. The summed E-state index contributed by atoms with van der Waals surface area (Å²) in [4.78, 5) is 26.9. The first-order valence-corrected chi connectivity index (χ1v) is 13.1. The molecule has 2 saturated heterocycles. The molecule has 0 aliphatic carbocycles. The number of amides is 1. The topological polar surface area (TPSA) is 93.4 Å². The second kappa shape index (κ2) is 10.3. The molecular weight excluding hydrogens is 505 g/mol. The highest BCUT2D eigenvalue weighted by atomic mass is 35.5. The smallest absolute Gasteiger partial charge is 0.228 e. The van der Waals surface area contributed by atoms with Crippen molar-refractivity contribution in [2.75, 3.05) is 31.1 Å². The van der Waals surface area contributed by atoms with Crippen molar-refractivity contribution in [1.29, 1.82) is 5.26 Å². The van der Waals surface area contributed by atoms with Gasteiger partial charge in [-0.25, -0.2) is 9.37 Å². The molecule has 1 N–H and O–H groups in total. The number of nitrogens with zero attached hydrogens (tertiary/aromatic N) is 5. The largest absolute Gasteiger partial charge is 0.384 e. The standard InChI is InChI=1S/C29H29ClFN5O2/c1-18-14-36(15-19(2)29(18,38)21-4-7-23(31)8-5-21)28(37)25-17-35(27-10-3-20(11-32)12-34-27)16-24(25)26-9-6-22(30)13-33-26/h3-10,12-13,18-19,24-25,38H,14-17H2,1-2H3/t18-,19+,24-,25-,29+/m1/s1. The monoisotopic (exact) mass is 533 g/mol. The van der Waals surface area contributed by atoms with Gasteiger partial charge in [-0.2, -0.15) is 5.26 Å². The Kier molecular flexibility index (Phi) is 7.08. The number of rotatable bonds is 4. The Labute approximate surface area is 226 Å². The summed E-state index contributed by atoms with van der Waals surface area (Å²) >= 11 is 6.08. The van der Waals surface area contributed by atoms with Crippen molar-refractivity contribution in [3.63, 3.8) is 0 Å². The van der Waals surface area contributed by atoms with Gasteiger partial charge in [0.1, 0.15) is 17.7 Å². The van der Waals surface area contributed by atoms with Crippen molar-refractivity contribution in [2.24, 2.45) is 17.8 Å². The number of halogens is 2. The predicted octanol–water partition coefficient (Wildman–Crippen LogP) is 4.36. The Balaban J connectivity index is 1.40. The van der Waals surface area contributed by atoms with Crippen molar-refractivity contribution in [1.82, 2.24) is 14.9 Å². The molecule has 4 heterocycles. The quantitative estimate of drug-likeness (QED) is 0.535. The number of anilines is 1. The molecule has 2 aliphatic heterocycles. The van der Waals surface area contributed by atoms with Crippen molar-refractivity contribution >= 4 is 23.3 Å². The van der Waals surface area contributed by atoms with Gasteiger partial charge in [0.2, 0.25) is 5.91 Å². The van der Waals surface area contributed by atoms with Crippen LogP contribution in [-0.4, -0.2) is 52.1 Å². The van der Waals surface area contributed by atoms with E-state index in [9.17, 15) is 14.3 Å². The average molecular weight is 534 g/mol. The molecule has 2 fully saturated rings. The van der Waals surface area contributed by atoms with Crippen LogP contribution in [0.15, 0.2) is 60.9 Å². The highest BCUT2D eigenvalue weighted by Crippen LogP contribution is 2.43. The van der Waals surface area contributed by atoms with E-state index in [1.165, 1.54) is 18.3 Å². The third-order valence-corrected chi connectivity index (χ3v) is 8.30. The van der Waals surface area contributed by atoms with Crippen LogP contribution >= 0.6 is 11.6 Å². The van der Waals surface area contributed by atoms with Crippen LogP contribution in [0.2, 0.25) is 5.02 Å². The number of carbonyl (C=O) groups excluding carboxylic acids is 1. The molecule has 9 heteroatoms. The lowest BCUT2D eigenvalue weighted by molar-refractivity contribution is -0.152. The normalized spacial score (nSPS) is 27.3. The zero-order valence-electron chi connectivity index (χ0n) is 21.3. The second-order valence-corrected chi connectivity index (χ2v) is 10.9. The minimum atomic E-state index is -1.17. The molecule has 2 aromatic heterocycles. The van der Waals surface area contributed by atoms with E-state index >= 15 is 0 Å². The Morgan fingerprint density at radius 3 is 2.32 bits per heavy atom. The van der Waals surface area contributed by atoms with Gasteiger partial charge in [-0.1, -0.05) is 37.6 Å². The SMILES string of the molecule is C[C@@H]1CN(C(=O)[C@@H]2CN(c3ccc(C#N)cn3)C[C@H]2c2ccc(Cl)cn2)C[C@H](C)[C@]1(O)c1ccc(F)cc1. The van der Waals surface area contributed by atoms with Gasteiger partial charge in [0.05, 0.1) is 22.1 Å². The van der Waals surface area contributed by atoms with Crippen LogP contribution in [0.4, 0.5) is 10.2 Å². The molecule has 5 atom stereocenters. The van der Waals surface area contributed by atoms with Gasteiger partial charge >= 0.3 is 0 Å². The molecule has 3 aromatic rings. The second-order valence-electron chi connectivity index (χ2n) is 10.4. The number of nitriles is 1. The van der Waals surface area contributed by atoms with E-state index in [0.717, 1.165) is 5.69 Å². The number of benzene rings is 1. The van der Waals surface area contributed by atoms with E-state index in [2.05, 4.69) is 20.9 Å². The Bertz CT molecular complexity index is 1330. The van der Waals surface area contributed by atoms with Crippen LogP contribution < -0.4 is 4.90 Å². The fourth-order valence-electron chi connectivity index (χ4n) is 5.99. The number of carbonyl (C=O) groups is 1. The summed E-state index contributed by atoms with van der Waals surface area (Å²) in [5.74, 6) is -0.726. The predicted molar refractivity (Wildman–Crippen MR) is 142 cm³/mol. The number of likely N-dealkylation sites (tertiary alicyclic amines) is 1. The van der Waals surface area contributed by atoms with Gasteiger partial charge in [0.25, 0.3) is 0 Å². The summed E-state index contributed by atoms with van der Waals surface area (Å²) in [5.41, 5.74) is 0.745. The molecule has 0 radical (unpaired) electrons. The highest BCUT2D eigenvalue weighted by Gasteiger charge is 2.49. The maximum absolute atomic E-state index is 14.1. The number of piperidine rings is 1. The molecule has 1 amide bonds. The molecule has 196 valence electrons. The fraction of sp³-hybridized carbons (Fsp3) is 0.379. The summed E-state index contributed by atoms with van der Waals surface area (Å²) in [6.07, 6.45) is 3.12. The molecule has 1 aromatic carbocycles. The van der Waals surface area contributed by atoms with E-state index in [0.29, 0.717) is 48.1 Å². The van der Waals surface area contributed by atoms with Crippen LogP contribution in [0.1, 0.15) is 36.6 Å². The van der Waals surface area contributed by atoms with Crippen LogP contribution in [-0.2, 0) is 10.4 Å². The minimum Gasteiger partial charge on any atom is -0.384 e. The van der Waals surface area contributed by atoms with Gasteiger partial charge < -0.3 is 14.9 Å². The summed E-state index contributed by atoms with van der Waals surface area (Å²) in [7, 11) is 0. The van der Waals surface area contributed by atoms with Crippen molar-refractivity contribution in [2.45, 2.75) is 25.4 Å². The van der Waals surface area contributed by atoms with E-state index in [4.69, 9.17) is 16.9 Å². The van der Waals surface area contributed by atoms with Gasteiger partial charge in [-0.3, -0.25) is 9.78 Å². The number of pyridine rings is 2. The third-order valence-electron chi connectivity index (χ3n) is 8.08. The average Bonchev–Trinajstić information content (AvgIpc) is 3.37. The lowest BCUT2D eigenvalue weighted by Gasteiger charge is -2.48. The first-order valence-electron chi connectivity index (χ1n) is 12.7. The first-order chi connectivity index (χ1) is 18.2. The maximum atomic E-state index is 14.1. The van der Waals surface area contributed by atoms with Crippen LogP contribution in [0.5, 0.6) is 0 Å². The minimum absolute atomic E-state index is 0.00255. The molecule has 0 bridgehead atoms. The molecule has 38 heavy (non-hydrogen) atoms. The Morgan fingerprint density at radius 2 is 1.74 bits per heavy atom.